The predicted molar refractivity (Wildman–Crippen MR) is 53.9 cm³/mol. The molecule has 80 valence electrons. The van der Waals surface area contributed by atoms with Crippen LogP contribution in [0.5, 0.6) is 0 Å². The fourth-order valence-electron chi connectivity index (χ4n) is 2.77. The Hall–Kier alpha value is -0.570. The molecule has 1 spiro atoms. The summed E-state index contributed by atoms with van der Waals surface area (Å²) in [5.41, 5.74) is -0.136. The van der Waals surface area contributed by atoms with Crippen molar-refractivity contribution in [2.75, 3.05) is 13.6 Å². The normalized spacial score (nSPS) is 44.4. The highest BCUT2D eigenvalue weighted by atomic mass is 16.6. The van der Waals surface area contributed by atoms with Crippen molar-refractivity contribution in [1.29, 1.82) is 0 Å². The number of hydrogen-bond donors (Lipinski definition) is 0. The van der Waals surface area contributed by atoms with E-state index < -0.39 is 0 Å². The summed E-state index contributed by atoms with van der Waals surface area (Å²) in [7, 11) is 2.14. The Balaban J connectivity index is 2.15. The van der Waals surface area contributed by atoms with E-state index >= 15 is 0 Å². The molecule has 3 heteroatoms. The van der Waals surface area contributed by atoms with Gasteiger partial charge in [0.05, 0.1) is 0 Å². The zero-order valence-corrected chi connectivity index (χ0v) is 9.25. The second-order valence-corrected chi connectivity index (χ2v) is 4.93. The largest absolute Gasteiger partial charge is 0.459 e. The third kappa shape index (κ3) is 1.44. The first kappa shape index (κ1) is 9.97. The molecule has 3 atom stereocenters. The lowest BCUT2D eigenvalue weighted by molar-refractivity contribution is -0.159. The molecule has 2 heterocycles. The molecule has 0 aliphatic carbocycles. The highest BCUT2D eigenvalue weighted by Crippen LogP contribution is 2.41. The van der Waals surface area contributed by atoms with Crippen molar-refractivity contribution >= 4 is 5.97 Å². The Morgan fingerprint density at radius 2 is 2.21 bits per heavy atom. The van der Waals surface area contributed by atoms with E-state index in [2.05, 4.69) is 25.8 Å². The number of likely N-dealkylation sites (tertiary alicyclic amines) is 1. The summed E-state index contributed by atoms with van der Waals surface area (Å²) in [4.78, 5) is 13.6. The minimum atomic E-state index is -0.136. The van der Waals surface area contributed by atoms with Crippen LogP contribution in [0.3, 0.4) is 0 Å². The first-order valence-corrected chi connectivity index (χ1v) is 5.45. The van der Waals surface area contributed by atoms with Crippen LogP contribution in [-0.4, -0.2) is 36.1 Å². The number of rotatable bonds is 0. The first-order chi connectivity index (χ1) is 6.53. The molecule has 3 nitrogen and oxygen atoms in total. The minimum Gasteiger partial charge on any atom is -0.459 e. The molecule has 0 bridgehead atoms. The molecule has 0 aromatic carbocycles. The van der Waals surface area contributed by atoms with Gasteiger partial charge < -0.3 is 9.64 Å². The predicted octanol–water partition coefficient (Wildman–Crippen LogP) is 1.42. The van der Waals surface area contributed by atoms with Crippen molar-refractivity contribution in [3.8, 4) is 0 Å². The molecule has 2 saturated heterocycles. The molecule has 2 rings (SSSR count). The summed E-state index contributed by atoms with van der Waals surface area (Å²) in [5.74, 6) is 0.462. The molecule has 2 fully saturated rings. The van der Waals surface area contributed by atoms with Gasteiger partial charge in [0, 0.05) is 31.3 Å². The molecule has 0 radical (unpaired) electrons. The van der Waals surface area contributed by atoms with Crippen LogP contribution in [0, 0.1) is 5.92 Å². The van der Waals surface area contributed by atoms with Crippen LogP contribution in [-0.2, 0) is 9.53 Å². The molecule has 0 aromatic rings. The van der Waals surface area contributed by atoms with E-state index in [0.29, 0.717) is 18.4 Å². The van der Waals surface area contributed by atoms with Crippen LogP contribution >= 0.6 is 0 Å². The van der Waals surface area contributed by atoms with Crippen molar-refractivity contribution in [2.24, 2.45) is 5.92 Å². The van der Waals surface area contributed by atoms with E-state index in [1.165, 1.54) is 0 Å². The quantitative estimate of drug-likeness (QED) is 0.550. The maximum atomic E-state index is 11.2. The lowest BCUT2D eigenvalue weighted by Gasteiger charge is -2.45. The highest BCUT2D eigenvalue weighted by molar-refractivity contribution is 5.72. The smallest absolute Gasteiger partial charge is 0.306 e. The standard InChI is InChI=1S/C11H19NO2/c1-8-7-12(3)9(2)6-11(8)5-4-10(13)14-11/h8-9H,4-7H2,1-3H3. The second-order valence-electron chi connectivity index (χ2n) is 4.93. The van der Waals surface area contributed by atoms with Crippen molar-refractivity contribution in [3.63, 3.8) is 0 Å². The minimum absolute atomic E-state index is 0.00592. The van der Waals surface area contributed by atoms with Gasteiger partial charge in [-0.25, -0.2) is 0 Å². The summed E-state index contributed by atoms with van der Waals surface area (Å²) >= 11 is 0. The number of carbonyl (C=O) groups is 1. The molecular weight excluding hydrogens is 178 g/mol. The number of ether oxygens (including phenoxy) is 1. The van der Waals surface area contributed by atoms with Gasteiger partial charge in [0.15, 0.2) is 0 Å². The number of piperidine rings is 1. The van der Waals surface area contributed by atoms with Gasteiger partial charge in [-0.2, -0.15) is 0 Å². The average molecular weight is 197 g/mol. The Bertz CT molecular complexity index is 254. The Labute approximate surface area is 85.4 Å². The maximum absolute atomic E-state index is 11.2. The van der Waals surface area contributed by atoms with Gasteiger partial charge in [0.25, 0.3) is 0 Å². The Morgan fingerprint density at radius 1 is 1.50 bits per heavy atom. The van der Waals surface area contributed by atoms with Gasteiger partial charge in [0.2, 0.25) is 0 Å². The van der Waals surface area contributed by atoms with Crippen LogP contribution in [0.4, 0.5) is 0 Å². The summed E-state index contributed by atoms with van der Waals surface area (Å²) in [6.45, 7) is 5.44. The third-order valence-corrected chi connectivity index (χ3v) is 3.92. The maximum Gasteiger partial charge on any atom is 0.306 e. The van der Waals surface area contributed by atoms with Crippen molar-refractivity contribution in [2.45, 2.75) is 44.8 Å². The topological polar surface area (TPSA) is 29.5 Å². The van der Waals surface area contributed by atoms with Gasteiger partial charge in [-0.3, -0.25) is 4.79 Å². The highest BCUT2D eigenvalue weighted by Gasteiger charge is 2.49. The van der Waals surface area contributed by atoms with Crippen LogP contribution in [0.2, 0.25) is 0 Å². The van der Waals surface area contributed by atoms with Crippen LogP contribution < -0.4 is 0 Å². The molecule has 0 saturated carbocycles. The van der Waals surface area contributed by atoms with Crippen LogP contribution in [0.1, 0.15) is 33.1 Å². The fourth-order valence-corrected chi connectivity index (χ4v) is 2.77. The second kappa shape index (κ2) is 3.23. The lowest BCUT2D eigenvalue weighted by atomic mass is 9.77. The van der Waals surface area contributed by atoms with E-state index in [4.69, 9.17) is 4.74 Å². The van der Waals surface area contributed by atoms with Gasteiger partial charge in [-0.1, -0.05) is 6.92 Å². The Morgan fingerprint density at radius 3 is 2.79 bits per heavy atom. The average Bonchev–Trinajstić information content (AvgIpc) is 2.46. The summed E-state index contributed by atoms with van der Waals surface area (Å²) in [6, 6.07) is 0.525. The first-order valence-electron chi connectivity index (χ1n) is 5.45. The summed E-state index contributed by atoms with van der Waals surface area (Å²) in [5, 5.41) is 0. The lowest BCUT2D eigenvalue weighted by Crippen LogP contribution is -2.53. The van der Waals surface area contributed by atoms with E-state index in [1.807, 2.05) is 0 Å². The number of nitrogens with zero attached hydrogens (tertiary/aromatic N) is 1. The fraction of sp³-hybridized carbons (Fsp3) is 0.909. The van der Waals surface area contributed by atoms with Crippen molar-refractivity contribution in [3.05, 3.63) is 0 Å². The van der Waals surface area contributed by atoms with Gasteiger partial charge >= 0.3 is 5.97 Å². The van der Waals surface area contributed by atoms with Gasteiger partial charge in [-0.05, 0) is 20.4 Å². The third-order valence-electron chi connectivity index (χ3n) is 3.92. The van der Waals surface area contributed by atoms with Gasteiger partial charge in [0.1, 0.15) is 5.60 Å². The van der Waals surface area contributed by atoms with E-state index in [9.17, 15) is 4.79 Å². The summed E-state index contributed by atoms with van der Waals surface area (Å²) < 4.78 is 5.56. The van der Waals surface area contributed by atoms with Crippen LogP contribution in [0.25, 0.3) is 0 Å². The molecular formula is C11H19NO2. The summed E-state index contributed by atoms with van der Waals surface area (Å²) in [6.07, 6.45) is 2.53. The number of hydrogen-bond acceptors (Lipinski definition) is 3. The SMILES string of the molecule is CC1CC2(CCC(=O)O2)C(C)CN1C. The number of esters is 1. The molecule has 2 aliphatic rings. The van der Waals surface area contributed by atoms with E-state index in [-0.39, 0.29) is 11.6 Å². The monoisotopic (exact) mass is 197 g/mol. The van der Waals surface area contributed by atoms with Crippen LogP contribution in [0.15, 0.2) is 0 Å². The number of carbonyl (C=O) groups excluding carboxylic acids is 1. The molecule has 0 amide bonds. The molecule has 0 N–H and O–H groups in total. The molecule has 2 aliphatic heterocycles. The zero-order chi connectivity index (χ0) is 10.3. The molecule has 0 aromatic heterocycles. The van der Waals surface area contributed by atoms with Gasteiger partial charge in [-0.15, -0.1) is 0 Å². The zero-order valence-electron chi connectivity index (χ0n) is 9.25. The van der Waals surface area contributed by atoms with E-state index in [0.717, 1.165) is 19.4 Å². The van der Waals surface area contributed by atoms with Crippen molar-refractivity contribution < 1.29 is 9.53 Å². The Kier molecular flexibility index (Phi) is 2.30. The van der Waals surface area contributed by atoms with E-state index in [1.54, 1.807) is 0 Å². The van der Waals surface area contributed by atoms with Crippen molar-refractivity contribution in [1.82, 2.24) is 4.90 Å². The molecule has 14 heavy (non-hydrogen) atoms. The molecule has 3 unspecified atom stereocenters.